The molecule has 1 aromatic carbocycles. The molecule has 0 aliphatic rings. The molecule has 4 nitrogen and oxygen atoms in total. The number of nitrogens with one attached hydrogen (secondary N) is 1. The maximum absolute atomic E-state index is 5.19. The number of oxazole rings is 1. The quantitative estimate of drug-likeness (QED) is 0.846. The Balaban J connectivity index is 1.91. The van der Waals surface area contributed by atoms with Gasteiger partial charge in [-0.2, -0.15) is 0 Å². The number of benzene rings is 1. The fraction of sp³-hybridized carbons (Fsp3) is 0.357. The summed E-state index contributed by atoms with van der Waals surface area (Å²) < 4.78 is 5.19. The number of hydrogen-bond acceptors (Lipinski definition) is 4. The van der Waals surface area contributed by atoms with Crippen LogP contribution in [0.1, 0.15) is 17.4 Å². The van der Waals surface area contributed by atoms with Gasteiger partial charge in [0.1, 0.15) is 5.76 Å². The van der Waals surface area contributed by atoms with Crippen molar-refractivity contribution in [3.63, 3.8) is 0 Å². The molecule has 4 heteroatoms. The summed E-state index contributed by atoms with van der Waals surface area (Å²) in [4.78, 5) is 6.11. The SMILES string of the molecule is CN(C)C(CNCc1cnco1)c1ccccc1. The molecule has 0 aliphatic heterocycles. The van der Waals surface area contributed by atoms with Gasteiger partial charge < -0.3 is 14.6 Å². The standard InChI is InChI=1S/C14H19N3O/c1-17(2)14(12-6-4-3-5-7-12)10-15-8-13-9-16-11-18-13/h3-7,9,11,14-15H,8,10H2,1-2H3. The maximum Gasteiger partial charge on any atom is 0.180 e. The molecule has 1 heterocycles. The van der Waals surface area contributed by atoms with E-state index < -0.39 is 0 Å². The zero-order valence-electron chi connectivity index (χ0n) is 10.8. The predicted octanol–water partition coefficient (Wildman–Crippen LogP) is 2.07. The summed E-state index contributed by atoms with van der Waals surface area (Å²) in [7, 11) is 4.18. The second kappa shape index (κ2) is 6.33. The molecule has 18 heavy (non-hydrogen) atoms. The van der Waals surface area contributed by atoms with Crippen LogP contribution in [-0.2, 0) is 6.54 Å². The van der Waals surface area contributed by atoms with E-state index in [1.54, 1.807) is 6.20 Å². The number of rotatable bonds is 6. The summed E-state index contributed by atoms with van der Waals surface area (Å²) in [5, 5.41) is 3.39. The third-order valence-electron chi connectivity index (χ3n) is 2.93. The number of likely N-dealkylation sites (N-methyl/N-ethyl adjacent to an activating group) is 1. The monoisotopic (exact) mass is 245 g/mol. The van der Waals surface area contributed by atoms with Crippen molar-refractivity contribution in [3.8, 4) is 0 Å². The highest BCUT2D eigenvalue weighted by Gasteiger charge is 2.13. The van der Waals surface area contributed by atoms with Crippen molar-refractivity contribution >= 4 is 0 Å². The van der Waals surface area contributed by atoms with E-state index in [1.165, 1.54) is 12.0 Å². The minimum Gasteiger partial charge on any atom is -0.447 e. The summed E-state index contributed by atoms with van der Waals surface area (Å²) in [6.07, 6.45) is 3.19. The van der Waals surface area contributed by atoms with Crippen LogP contribution in [0.5, 0.6) is 0 Å². The Labute approximate surface area is 108 Å². The Bertz CT molecular complexity index is 439. The summed E-state index contributed by atoms with van der Waals surface area (Å²) in [5.41, 5.74) is 1.31. The minimum absolute atomic E-state index is 0.356. The van der Waals surface area contributed by atoms with Crippen LogP contribution >= 0.6 is 0 Å². The molecular formula is C14H19N3O. The minimum atomic E-state index is 0.356. The van der Waals surface area contributed by atoms with Gasteiger partial charge in [-0.3, -0.25) is 0 Å². The van der Waals surface area contributed by atoms with E-state index in [2.05, 4.69) is 53.6 Å². The zero-order chi connectivity index (χ0) is 12.8. The largest absolute Gasteiger partial charge is 0.447 e. The van der Waals surface area contributed by atoms with Crippen molar-refractivity contribution in [2.75, 3.05) is 20.6 Å². The lowest BCUT2D eigenvalue weighted by Gasteiger charge is -2.25. The molecule has 96 valence electrons. The van der Waals surface area contributed by atoms with E-state index in [9.17, 15) is 0 Å². The van der Waals surface area contributed by atoms with Crippen molar-refractivity contribution in [1.29, 1.82) is 0 Å². The fourth-order valence-corrected chi connectivity index (χ4v) is 1.94. The van der Waals surface area contributed by atoms with Crippen LogP contribution in [-0.4, -0.2) is 30.5 Å². The van der Waals surface area contributed by atoms with Gasteiger partial charge in [0.15, 0.2) is 6.39 Å². The van der Waals surface area contributed by atoms with Gasteiger partial charge in [0.05, 0.1) is 12.7 Å². The van der Waals surface area contributed by atoms with E-state index >= 15 is 0 Å². The first kappa shape index (κ1) is 12.8. The van der Waals surface area contributed by atoms with Crippen molar-refractivity contribution in [1.82, 2.24) is 15.2 Å². The smallest absolute Gasteiger partial charge is 0.180 e. The Kier molecular flexibility index (Phi) is 4.50. The summed E-state index contributed by atoms with van der Waals surface area (Å²) in [6, 6.07) is 10.8. The van der Waals surface area contributed by atoms with Gasteiger partial charge in [-0.15, -0.1) is 0 Å². The van der Waals surface area contributed by atoms with Gasteiger partial charge in [0, 0.05) is 12.6 Å². The zero-order valence-corrected chi connectivity index (χ0v) is 10.8. The summed E-state index contributed by atoms with van der Waals surface area (Å²) in [5.74, 6) is 0.862. The van der Waals surface area contributed by atoms with Gasteiger partial charge in [-0.05, 0) is 19.7 Å². The number of hydrogen-bond donors (Lipinski definition) is 1. The molecule has 0 radical (unpaired) electrons. The van der Waals surface area contributed by atoms with Crippen LogP contribution in [0.15, 0.2) is 47.3 Å². The number of nitrogens with zero attached hydrogens (tertiary/aromatic N) is 2. The second-order valence-corrected chi connectivity index (χ2v) is 4.49. The maximum atomic E-state index is 5.19. The van der Waals surface area contributed by atoms with Crippen LogP contribution in [0.3, 0.4) is 0 Å². The van der Waals surface area contributed by atoms with E-state index in [-0.39, 0.29) is 0 Å². The lowest BCUT2D eigenvalue weighted by molar-refractivity contribution is 0.285. The topological polar surface area (TPSA) is 41.3 Å². The molecule has 1 atom stereocenters. The van der Waals surface area contributed by atoms with Gasteiger partial charge in [-0.1, -0.05) is 30.3 Å². The normalized spacial score (nSPS) is 12.8. The first-order valence-electron chi connectivity index (χ1n) is 6.07. The highest BCUT2D eigenvalue weighted by atomic mass is 16.3. The van der Waals surface area contributed by atoms with E-state index in [1.807, 2.05) is 6.07 Å². The third-order valence-corrected chi connectivity index (χ3v) is 2.93. The molecule has 2 rings (SSSR count). The molecule has 0 spiro atoms. The van der Waals surface area contributed by atoms with Crippen LogP contribution in [0.4, 0.5) is 0 Å². The van der Waals surface area contributed by atoms with E-state index in [0.717, 1.165) is 12.3 Å². The summed E-state index contributed by atoms with van der Waals surface area (Å²) >= 11 is 0. The van der Waals surface area contributed by atoms with Gasteiger partial charge >= 0.3 is 0 Å². The fourth-order valence-electron chi connectivity index (χ4n) is 1.94. The molecule has 1 unspecified atom stereocenters. The van der Waals surface area contributed by atoms with Crippen molar-refractivity contribution in [3.05, 3.63) is 54.2 Å². The summed E-state index contributed by atoms with van der Waals surface area (Å²) in [6.45, 7) is 1.58. The van der Waals surface area contributed by atoms with Crippen molar-refractivity contribution < 1.29 is 4.42 Å². The third kappa shape index (κ3) is 3.42. The Hall–Kier alpha value is -1.65. The molecular weight excluding hydrogens is 226 g/mol. The first-order chi connectivity index (χ1) is 8.77. The first-order valence-corrected chi connectivity index (χ1v) is 6.07. The lowest BCUT2D eigenvalue weighted by atomic mass is 10.1. The molecule has 0 fully saturated rings. The Morgan fingerprint density at radius 1 is 1.28 bits per heavy atom. The number of aromatic nitrogens is 1. The van der Waals surface area contributed by atoms with Gasteiger partial charge in [0.25, 0.3) is 0 Å². The molecule has 0 saturated heterocycles. The van der Waals surface area contributed by atoms with Gasteiger partial charge in [-0.25, -0.2) is 4.98 Å². The van der Waals surface area contributed by atoms with Crippen LogP contribution in [0.2, 0.25) is 0 Å². The lowest BCUT2D eigenvalue weighted by Crippen LogP contribution is -2.30. The van der Waals surface area contributed by atoms with Crippen molar-refractivity contribution in [2.24, 2.45) is 0 Å². The molecule has 0 aliphatic carbocycles. The Morgan fingerprint density at radius 2 is 2.06 bits per heavy atom. The van der Waals surface area contributed by atoms with Crippen LogP contribution in [0, 0.1) is 0 Å². The highest BCUT2D eigenvalue weighted by molar-refractivity contribution is 5.19. The Morgan fingerprint density at radius 3 is 2.67 bits per heavy atom. The molecule has 1 N–H and O–H groups in total. The molecule has 1 aromatic heterocycles. The molecule has 0 bridgehead atoms. The van der Waals surface area contributed by atoms with E-state index in [4.69, 9.17) is 4.42 Å². The van der Waals surface area contributed by atoms with E-state index in [0.29, 0.717) is 12.6 Å². The molecule has 0 amide bonds. The average Bonchev–Trinajstić information content (AvgIpc) is 2.88. The van der Waals surface area contributed by atoms with Gasteiger partial charge in [0.2, 0.25) is 0 Å². The van der Waals surface area contributed by atoms with Crippen LogP contribution < -0.4 is 5.32 Å². The molecule has 2 aromatic rings. The van der Waals surface area contributed by atoms with Crippen LogP contribution in [0.25, 0.3) is 0 Å². The predicted molar refractivity (Wildman–Crippen MR) is 71.1 cm³/mol. The highest BCUT2D eigenvalue weighted by Crippen LogP contribution is 2.16. The average molecular weight is 245 g/mol. The van der Waals surface area contributed by atoms with Crippen molar-refractivity contribution in [2.45, 2.75) is 12.6 Å². The molecule has 0 saturated carbocycles. The second-order valence-electron chi connectivity index (χ2n) is 4.49.